The van der Waals surface area contributed by atoms with Gasteiger partial charge in [0.25, 0.3) is 5.91 Å². The molecular weight excluding hydrogens is 304 g/mol. The van der Waals surface area contributed by atoms with Crippen molar-refractivity contribution in [1.29, 1.82) is 0 Å². The van der Waals surface area contributed by atoms with Crippen LogP contribution in [0.3, 0.4) is 0 Å². The zero-order chi connectivity index (χ0) is 15.7. The van der Waals surface area contributed by atoms with Gasteiger partial charge in [-0.3, -0.25) is 9.52 Å². The molecule has 116 valence electrons. The number of nitrogens with zero attached hydrogens (tertiary/aromatic N) is 1. The van der Waals surface area contributed by atoms with Crippen LogP contribution in [0.2, 0.25) is 0 Å². The van der Waals surface area contributed by atoms with Crippen molar-refractivity contribution in [3.63, 3.8) is 0 Å². The van der Waals surface area contributed by atoms with Crippen LogP contribution in [-0.2, 0) is 23.0 Å². The highest BCUT2D eigenvalue weighted by Crippen LogP contribution is 2.24. The number of rotatable bonds is 3. The molecule has 0 saturated heterocycles. The van der Waals surface area contributed by atoms with Gasteiger partial charge in [-0.05, 0) is 41.8 Å². The van der Waals surface area contributed by atoms with Crippen LogP contribution in [0, 0.1) is 0 Å². The molecule has 0 saturated carbocycles. The molecule has 1 N–H and O–H groups in total. The summed E-state index contributed by atoms with van der Waals surface area (Å²) < 4.78 is 30.2. The summed E-state index contributed by atoms with van der Waals surface area (Å²) >= 11 is 0. The quantitative estimate of drug-likeness (QED) is 0.936. The maximum absolute atomic E-state index is 12.3. The van der Waals surface area contributed by atoms with Crippen LogP contribution >= 0.6 is 0 Å². The maximum atomic E-state index is 12.3. The van der Waals surface area contributed by atoms with Crippen molar-refractivity contribution >= 4 is 21.6 Å². The first-order valence-corrected chi connectivity index (χ1v) is 8.74. The summed E-state index contributed by atoms with van der Waals surface area (Å²) in [6, 6.07) is 8.73. The van der Waals surface area contributed by atoms with Crippen LogP contribution in [-0.4, -0.2) is 32.0 Å². The molecule has 2 heterocycles. The molecule has 0 spiro atoms. The maximum Gasteiger partial charge on any atom is 0.289 e. The summed E-state index contributed by atoms with van der Waals surface area (Å²) in [5.41, 5.74) is 2.58. The molecule has 0 fully saturated rings. The molecule has 0 bridgehead atoms. The number of nitrogens with one attached hydrogen (secondary N) is 1. The average molecular weight is 320 g/mol. The van der Waals surface area contributed by atoms with Gasteiger partial charge in [-0.15, -0.1) is 0 Å². The zero-order valence-corrected chi connectivity index (χ0v) is 12.9. The van der Waals surface area contributed by atoms with E-state index < -0.39 is 10.0 Å². The third-order valence-electron chi connectivity index (χ3n) is 3.54. The second-order valence-electron chi connectivity index (χ2n) is 5.31. The van der Waals surface area contributed by atoms with E-state index in [0.717, 1.165) is 23.8 Å². The minimum atomic E-state index is -3.31. The predicted octanol–water partition coefficient (Wildman–Crippen LogP) is 1.85. The van der Waals surface area contributed by atoms with Crippen LogP contribution in [0.25, 0.3) is 0 Å². The topological polar surface area (TPSA) is 79.6 Å². The molecule has 3 rings (SSSR count). The van der Waals surface area contributed by atoms with Crippen molar-refractivity contribution < 1.29 is 17.6 Å². The van der Waals surface area contributed by atoms with E-state index in [2.05, 4.69) is 4.72 Å². The largest absolute Gasteiger partial charge is 0.459 e. The molecule has 0 radical (unpaired) electrons. The Morgan fingerprint density at radius 1 is 1.27 bits per heavy atom. The van der Waals surface area contributed by atoms with Gasteiger partial charge in [0, 0.05) is 18.8 Å². The van der Waals surface area contributed by atoms with Gasteiger partial charge in [-0.1, -0.05) is 6.07 Å². The molecule has 2 aromatic rings. The van der Waals surface area contributed by atoms with Crippen LogP contribution in [0.15, 0.2) is 41.0 Å². The normalized spacial score (nSPS) is 14.5. The summed E-state index contributed by atoms with van der Waals surface area (Å²) in [6.07, 6.45) is 3.32. The molecule has 0 aliphatic carbocycles. The summed E-state index contributed by atoms with van der Waals surface area (Å²) in [7, 11) is -3.31. The van der Waals surface area contributed by atoms with E-state index in [9.17, 15) is 13.2 Å². The molecule has 6 nitrogen and oxygen atoms in total. The van der Waals surface area contributed by atoms with E-state index in [-0.39, 0.29) is 5.91 Å². The van der Waals surface area contributed by atoms with Gasteiger partial charge < -0.3 is 9.32 Å². The van der Waals surface area contributed by atoms with Crippen molar-refractivity contribution in [2.45, 2.75) is 13.0 Å². The minimum absolute atomic E-state index is 0.155. The van der Waals surface area contributed by atoms with Gasteiger partial charge >= 0.3 is 0 Å². The number of anilines is 1. The molecule has 22 heavy (non-hydrogen) atoms. The Morgan fingerprint density at radius 3 is 2.77 bits per heavy atom. The van der Waals surface area contributed by atoms with Gasteiger partial charge in [0.05, 0.1) is 12.5 Å². The van der Waals surface area contributed by atoms with Gasteiger partial charge in [-0.25, -0.2) is 8.42 Å². The monoisotopic (exact) mass is 320 g/mol. The van der Waals surface area contributed by atoms with E-state index in [0.29, 0.717) is 24.5 Å². The first kappa shape index (κ1) is 14.6. The average Bonchev–Trinajstić information content (AvgIpc) is 2.98. The SMILES string of the molecule is CS(=O)(=O)Nc1ccc2c(c1)CN(C(=O)c1ccco1)CC2. The first-order chi connectivity index (χ1) is 10.4. The highest BCUT2D eigenvalue weighted by molar-refractivity contribution is 7.92. The van der Waals surface area contributed by atoms with Crippen molar-refractivity contribution in [3.8, 4) is 0 Å². The lowest BCUT2D eigenvalue weighted by atomic mass is 9.99. The molecular formula is C15H16N2O4S. The van der Waals surface area contributed by atoms with Crippen molar-refractivity contribution in [1.82, 2.24) is 4.90 Å². The number of carbonyl (C=O) groups excluding carboxylic acids is 1. The second-order valence-corrected chi connectivity index (χ2v) is 7.06. The highest BCUT2D eigenvalue weighted by Gasteiger charge is 2.23. The number of benzene rings is 1. The third kappa shape index (κ3) is 3.14. The molecule has 1 aliphatic rings. The van der Waals surface area contributed by atoms with E-state index in [1.807, 2.05) is 6.07 Å². The molecule has 1 aromatic heterocycles. The Labute approximate surface area is 128 Å². The van der Waals surface area contributed by atoms with Crippen molar-refractivity contribution in [2.75, 3.05) is 17.5 Å². The minimum Gasteiger partial charge on any atom is -0.459 e. The summed E-state index contributed by atoms with van der Waals surface area (Å²) in [4.78, 5) is 14.0. The van der Waals surface area contributed by atoms with E-state index in [1.165, 1.54) is 6.26 Å². The number of hydrogen-bond acceptors (Lipinski definition) is 4. The van der Waals surface area contributed by atoms with E-state index >= 15 is 0 Å². The lowest BCUT2D eigenvalue weighted by Crippen LogP contribution is -2.35. The molecule has 0 atom stereocenters. The fourth-order valence-electron chi connectivity index (χ4n) is 2.56. The number of furan rings is 1. The molecule has 7 heteroatoms. The summed E-state index contributed by atoms with van der Waals surface area (Å²) in [5.74, 6) is 0.158. The number of hydrogen-bond donors (Lipinski definition) is 1. The predicted molar refractivity (Wildman–Crippen MR) is 82.1 cm³/mol. The van der Waals surface area contributed by atoms with Gasteiger partial charge in [-0.2, -0.15) is 0 Å². The Hall–Kier alpha value is -2.28. The Kier molecular flexibility index (Phi) is 3.66. The smallest absolute Gasteiger partial charge is 0.289 e. The van der Waals surface area contributed by atoms with Crippen LogP contribution in [0.4, 0.5) is 5.69 Å². The lowest BCUT2D eigenvalue weighted by molar-refractivity contribution is 0.0702. The standard InChI is InChI=1S/C15H16N2O4S/c1-22(19,20)16-13-5-4-11-6-7-17(10-12(11)9-13)15(18)14-3-2-8-21-14/h2-5,8-9,16H,6-7,10H2,1H3. The van der Waals surface area contributed by atoms with Gasteiger partial charge in [0.15, 0.2) is 5.76 Å². The van der Waals surface area contributed by atoms with Crippen LogP contribution in [0.1, 0.15) is 21.7 Å². The number of fused-ring (bicyclic) bond motifs is 1. The fraction of sp³-hybridized carbons (Fsp3) is 0.267. The molecule has 1 aliphatic heterocycles. The van der Waals surface area contributed by atoms with Crippen molar-refractivity contribution in [3.05, 3.63) is 53.5 Å². The number of sulfonamides is 1. The van der Waals surface area contributed by atoms with Crippen LogP contribution in [0.5, 0.6) is 0 Å². The third-order valence-corrected chi connectivity index (χ3v) is 4.15. The number of amides is 1. The van der Waals surface area contributed by atoms with E-state index in [4.69, 9.17) is 4.42 Å². The fourth-order valence-corrected chi connectivity index (χ4v) is 3.12. The first-order valence-electron chi connectivity index (χ1n) is 6.85. The van der Waals surface area contributed by atoms with Crippen LogP contribution < -0.4 is 4.72 Å². The van der Waals surface area contributed by atoms with E-state index in [1.54, 1.807) is 29.2 Å². The molecule has 0 unspecified atom stereocenters. The molecule has 1 aromatic carbocycles. The Balaban J connectivity index is 1.82. The summed E-state index contributed by atoms with van der Waals surface area (Å²) in [5, 5.41) is 0. The molecule has 1 amide bonds. The van der Waals surface area contributed by atoms with Gasteiger partial charge in [0.2, 0.25) is 10.0 Å². The highest BCUT2D eigenvalue weighted by atomic mass is 32.2. The summed E-state index contributed by atoms with van der Waals surface area (Å²) in [6.45, 7) is 1.06. The van der Waals surface area contributed by atoms with Gasteiger partial charge in [0.1, 0.15) is 0 Å². The lowest BCUT2D eigenvalue weighted by Gasteiger charge is -2.28. The number of carbonyl (C=O) groups is 1. The zero-order valence-electron chi connectivity index (χ0n) is 12.1. The van der Waals surface area contributed by atoms with Crippen molar-refractivity contribution in [2.24, 2.45) is 0 Å². The Bertz CT molecular complexity index is 797. The Morgan fingerprint density at radius 2 is 2.09 bits per heavy atom. The second kappa shape index (κ2) is 5.49.